The smallest absolute Gasteiger partial charge is 0.323 e. The van der Waals surface area contributed by atoms with Crippen LogP contribution in [0.1, 0.15) is 18.5 Å². The summed E-state index contributed by atoms with van der Waals surface area (Å²) in [5, 5.41) is 13.0. The number of amides is 2. The van der Waals surface area contributed by atoms with Gasteiger partial charge in [0.15, 0.2) is 0 Å². The summed E-state index contributed by atoms with van der Waals surface area (Å²) in [6.07, 6.45) is 2.09. The maximum atomic E-state index is 11.9. The lowest BCUT2D eigenvalue weighted by atomic mass is 10.3. The number of hydrogen-bond acceptors (Lipinski definition) is 4. The summed E-state index contributed by atoms with van der Waals surface area (Å²) in [5.41, 5.74) is 0.616. The Bertz CT molecular complexity index is 520. The fraction of sp³-hybridized carbons (Fsp3) is 0.545. The van der Waals surface area contributed by atoms with Gasteiger partial charge < -0.3 is 20.3 Å². The van der Waals surface area contributed by atoms with Crippen LogP contribution in [-0.2, 0) is 11.3 Å². The van der Waals surface area contributed by atoms with Gasteiger partial charge in [-0.3, -0.25) is 9.59 Å². The lowest BCUT2D eigenvalue weighted by Crippen LogP contribution is -2.43. The third-order valence-electron chi connectivity index (χ3n) is 2.79. The molecule has 0 spiro atoms. The zero-order valence-electron chi connectivity index (χ0n) is 10.2. The van der Waals surface area contributed by atoms with Crippen molar-refractivity contribution in [3.05, 3.63) is 20.7 Å². The number of thiazole rings is 1. The highest BCUT2D eigenvalue weighted by molar-refractivity contribution is 7.07. The van der Waals surface area contributed by atoms with E-state index in [9.17, 15) is 14.4 Å². The summed E-state index contributed by atoms with van der Waals surface area (Å²) >= 11 is 1.03. The monoisotopic (exact) mass is 285 g/mol. The van der Waals surface area contributed by atoms with Crippen LogP contribution in [0.4, 0.5) is 4.79 Å². The van der Waals surface area contributed by atoms with E-state index in [1.54, 1.807) is 5.38 Å². The van der Waals surface area contributed by atoms with E-state index in [1.807, 2.05) is 0 Å². The molecule has 19 heavy (non-hydrogen) atoms. The molecule has 1 aromatic heterocycles. The minimum Gasteiger partial charge on any atom is -0.480 e. The van der Waals surface area contributed by atoms with E-state index in [1.165, 1.54) is 4.90 Å². The summed E-state index contributed by atoms with van der Waals surface area (Å²) in [4.78, 5) is 37.2. The Morgan fingerprint density at radius 3 is 2.79 bits per heavy atom. The van der Waals surface area contributed by atoms with Crippen molar-refractivity contribution >= 4 is 23.3 Å². The van der Waals surface area contributed by atoms with Crippen molar-refractivity contribution in [1.29, 1.82) is 0 Å². The van der Waals surface area contributed by atoms with Crippen molar-refractivity contribution in [2.75, 3.05) is 13.1 Å². The molecule has 0 bridgehead atoms. The number of urea groups is 1. The number of aromatic amines is 1. The Balaban J connectivity index is 1.86. The summed E-state index contributed by atoms with van der Waals surface area (Å²) < 4.78 is 0. The van der Waals surface area contributed by atoms with Gasteiger partial charge in [0.05, 0.1) is 6.54 Å². The molecule has 1 aliphatic rings. The molecule has 0 atom stereocenters. The number of carbonyl (C=O) groups excluding carboxylic acids is 1. The number of nitrogens with zero attached hydrogens (tertiary/aromatic N) is 1. The van der Waals surface area contributed by atoms with Crippen molar-refractivity contribution < 1.29 is 14.7 Å². The number of carbonyl (C=O) groups is 2. The van der Waals surface area contributed by atoms with Crippen LogP contribution < -0.4 is 10.2 Å². The van der Waals surface area contributed by atoms with Crippen LogP contribution in [0.25, 0.3) is 0 Å². The second kappa shape index (κ2) is 5.87. The molecule has 1 saturated carbocycles. The molecule has 7 nitrogen and oxygen atoms in total. The van der Waals surface area contributed by atoms with E-state index in [-0.39, 0.29) is 18.0 Å². The molecule has 0 radical (unpaired) electrons. The number of H-pyrrole nitrogens is 1. The lowest BCUT2D eigenvalue weighted by Gasteiger charge is -2.20. The Morgan fingerprint density at radius 1 is 1.53 bits per heavy atom. The van der Waals surface area contributed by atoms with Gasteiger partial charge in [0.2, 0.25) is 0 Å². The SMILES string of the molecule is O=C(O)CN(CC1CC1)C(=O)NCc1csc(=O)[nH]1. The first-order valence-corrected chi connectivity index (χ1v) is 6.84. The van der Waals surface area contributed by atoms with E-state index in [2.05, 4.69) is 10.3 Å². The lowest BCUT2D eigenvalue weighted by molar-refractivity contribution is -0.137. The van der Waals surface area contributed by atoms with Gasteiger partial charge in [0.25, 0.3) is 0 Å². The fourth-order valence-corrected chi connectivity index (χ4v) is 2.26. The predicted molar refractivity (Wildman–Crippen MR) is 69.1 cm³/mol. The van der Waals surface area contributed by atoms with Crippen molar-refractivity contribution in [3.8, 4) is 0 Å². The molecule has 0 saturated heterocycles. The number of hydrogen-bond donors (Lipinski definition) is 3. The van der Waals surface area contributed by atoms with E-state index in [4.69, 9.17) is 5.11 Å². The van der Waals surface area contributed by atoms with Gasteiger partial charge in [-0.15, -0.1) is 0 Å². The molecule has 8 heteroatoms. The molecule has 2 rings (SSSR count). The van der Waals surface area contributed by atoms with Crippen molar-refractivity contribution in [1.82, 2.24) is 15.2 Å². The molecule has 0 unspecified atom stereocenters. The van der Waals surface area contributed by atoms with Gasteiger partial charge in [0.1, 0.15) is 6.54 Å². The zero-order valence-corrected chi connectivity index (χ0v) is 11.0. The highest BCUT2D eigenvalue weighted by Crippen LogP contribution is 2.29. The van der Waals surface area contributed by atoms with Crippen molar-refractivity contribution in [3.63, 3.8) is 0 Å². The second-order valence-corrected chi connectivity index (χ2v) is 5.39. The van der Waals surface area contributed by atoms with Crippen molar-refractivity contribution in [2.45, 2.75) is 19.4 Å². The van der Waals surface area contributed by atoms with Gasteiger partial charge in [-0.1, -0.05) is 11.3 Å². The normalized spacial score (nSPS) is 14.1. The zero-order chi connectivity index (χ0) is 13.8. The van der Waals surface area contributed by atoms with Crippen molar-refractivity contribution in [2.24, 2.45) is 5.92 Å². The molecule has 2 amide bonds. The van der Waals surface area contributed by atoms with Crippen LogP contribution in [0.15, 0.2) is 10.2 Å². The van der Waals surface area contributed by atoms with E-state index in [0.717, 1.165) is 24.2 Å². The van der Waals surface area contributed by atoms with Gasteiger partial charge in [0, 0.05) is 17.6 Å². The van der Waals surface area contributed by atoms with Crippen LogP contribution >= 0.6 is 11.3 Å². The molecule has 1 aromatic rings. The Hall–Kier alpha value is -1.83. The highest BCUT2D eigenvalue weighted by atomic mass is 32.1. The number of rotatable bonds is 6. The van der Waals surface area contributed by atoms with E-state index < -0.39 is 12.0 Å². The maximum Gasteiger partial charge on any atom is 0.323 e. The average molecular weight is 285 g/mol. The van der Waals surface area contributed by atoms with Crippen LogP contribution in [0.2, 0.25) is 0 Å². The van der Waals surface area contributed by atoms with E-state index >= 15 is 0 Å². The first kappa shape index (κ1) is 13.6. The molecule has 3 N–H and O–H groups in total. The summed E-state index contributed by atoms with van der Waals surface area (Å²) in [6.45, 7) is 0.360. The standard InChI is InChI=1S/C11H15N3O4S/c15-9(16)5-14(4-7-1-2-7)10(17)12-3-8-6-19-11(18)13-8/h6-7H,1-5H2,(H,12,17)(H,13,18)(H,15,16). The first-order chi connectivity index (χ1) is 9.04. The summed E-state index contributed by atoms with van der Waals surface area (Å²) in [5.74, 6) is -0.606. The topological polar surface area (TPSA) is 102 Å². The number of carboxylic acid groups (broad SMARTS) is 1. The van der Waals surface area contributed by atoms with Gasteiger partial charge in [-0.05, 0) is 18.8 Å². The first-order valence-electron chi connectivity index (χ1n) is 5.96. The number of nitrogens with one attached hydrogen (secondary N) is 2. The Labute approximate surface area is 113 Å². The number of aliphatic carboxylic acids is 1. The van der Waals surface area contributed by atoms with Crippen LogP contribution in [0.5, 0.6) is 0 Å². The highest BCUT2D eigenvalue weighted by Gasteiger charge is 2.27. The summed E-state index contributed by atoms with van der Waals surface area (Å²) in [7, 11) is 0. The molecular weight excluding hydrogens is 270 g/mol. The largest absolute Gasteiger partial charge is 0.480 e. The predicted octanol–water partition coefficient (Wildman–Crippen LogP) is 0.443. The fourth-order valence-electron chi connectivity index (χ4n) is 1.68. The van der Waals surface area contributed by atoms with Crippen LogP contribution in [0.3, 0.4) is 0 Å². The second-order valence-electron chi connectivity index (χ2n) is 4.55. The number of carboxylic acids is 1. The van der Waals surface area contributed by atoms with Gasteiger partial charge in [-0.25, -0.2) is 4.79 Å². The van der Waals surface area contributed by atoms with E-state index in [0.29, 0.717) is 18.2 Å². The average Bonchev–Trinajstić information content (AvgIpc) is 3.06. The van der Waals surface area contributed by atoms with Gasteiger partial charge >= 0.3 is 16.9 Å². The minimum atomic E-state index is -1.03. The molecule has 1 fully saturated rings. The molecule has 0 aromatic carbocycles. The molecule has 104 valence electrons. The maximum absolute atomic E-state index is 11.9. The number of aromatic nitrogens is 1. The third-order valence-corrected chi connectivity index (χ3v) is 3.51. The molecular formula is C11H15N3O4S. The van der Waals surface area contributed by atoms with Crippen LogP contribution in [-0.4, -0.2) is 40.1 Å². The van der Waals surface area contributed by atoms with Crippen LogP contribution in [0, 0.1) is 5.92 Å². The molecule has 0 aliphatic heterocycles. The third kappa shape index (κ3) is 4.40. The molecule has 1 aliphatic carbocycles. The minimum absolute atomic E-state index is 0.176. The quantitative estimate of drug-likeness (QED) is 0.705. The molecule has 1 heterocycles. The summed E-state index contributed by atoms with van der Waals surface area (Å²) in [6, 6.07) is -0.415. The Morgan fingerprint density at radius 2 is 2.26 bits per heavy atom. The van der Waals surface area contributed by atoms with Gasteiger partial charge in [-0.2, -0.15) is 0 Å². The Kier molecular flexibility index (Phi) is 4.20.